The summed E-state index contributed by atoms with van der Waals surface area (Å²) in [6, 6.07) is 6.14. The summed E-state index contributed by atoms with van der Waals surface area (Å²) in [5.74, 6) is -0.511. The highest BCUT2D eigenvalue weighted by Gasteiger charge is 2.29. The van der Waals surface area contributed by atoms with E-state index in [1.165, 1.54) is 0 Å². The molecule has 0 saturated heterocycles. The maximum absolute atomic E-state index is 11.2. The lowest BCUT2D eigenvalue weighted by Crippen LogP contribution is -2.19. The molecule has 1 atom stereocenters. The van der Waals surface area contributed by atoms with Gasteiger partial charge in [0.15, 0.2) is 0 Å². The molecule has 0 N–H and O–H groups in total. The lowest BCUT2D eigenvalue weighted by Gasteiger charge is -1.97. The van der Waals surface area contributed by atoms with Crippen molar-refractivity contribution in [2.24, 2.45) is 15.4 Å². The Labute approximate surface area is 96.8 Å². The Hall–Kier alpha value is -1.75. The van der Waals surface area contributed by atoms with Gasteiger partial charge >= 0.3 is 5.97 Å². The number of rotatable bonds is 2. The molecule has 0 saturated carbocycles. The molecular formula is C10H8ClN3O2. The predicted molar refractivity (Wildman–Crippen MR) is 59.0 cm³/mol. The molecule has 0 radical (unpaired) electrons. The topological polar surface area (TPSA) is 63.4 Å². The van der Waals surface area contributed by atoms with Crippen molar-refractivity contribution in [2.45, 2.75) is 13.0 Å². The standard InChI is InChI=1S/C10H8ClN3O2/c1-6-9(10(15)16-14-6)13-12-8-4-2-3-7(11)5-8/h2-5,9H,1H3. The molecule has 0 spiro atoms. The van der Waals surface area contributed by atoms with Crippen LogP contribution in [0.1, 0.15) is 6.92 Å². The van der Waals surface area contributed by atoms with Gasteiger partial charge in [0, 0.05) is 5.02 Å². The molecule has 2 rings (SSSR count). The van der Waals surface area contributed by atoms with Crippen molar-refractivity contribution in [3.8, 4) is 0 Å². The predicted octanol–water partition coefficient (Wildman–Crippen LogP) is 2.73. The number of halogens is 1. The van der Waals surface area contributed by atoms with Crippen LogP contribution in [0.5, 0.6) is 0 Å². The molecule has 1 aromatic carbocycles. The van der Waals surface area contributed by atoms with Gasteiger partial charge in [-0.05, 0) is 25.1 Å². The van der Waals surface area contributed by atoms with Gasteiger partial charge in [0.05, 0.1) is 11.4 Å². The van der Waals surface area contributed by atoms with E-state index in [9.17, 15) is 4.79 Å². The van der Waals surface area contributed by atoms with Crippen LogP contribution in [-0.4, -0.2) is 17.7 Å². The second-order valence-electron chi connectivity index (χ2n) is 3.24. The largest absolute Gasteiger partial charge is 0.367 e. The summed E-state index contributed by atoms with van der Waals surface area (Å²) >= 11 is 5.78. The van der Waals surface area contributed by atoms with Gasteiger partial charge in [-0.25, -0.2) is 4.79 Å². The van der Waals surface area contributed by atoms with E-state index in [1.807, 2.05) is 0 Å². The van der Waals surface area contributed by atoms with Crippen LogP contribution in [0, 0.1) is 0 Å². The summed E-state index contributed by atoms with van der Waals surface area (Å²) in [5.41, 5.74) is 1.08. The fourth-order valence-electron chi connectivity index (χ4n) is 1.18. The minimum Gasteiger partial charge on any atom is -0.315 e. The molecule has 5 nitrogen and oxygen atoms in total. The summed E-state index contributed by atoms with van der Waals surface area (Å²) in [7, 11) is 0. The number of azo groups is 1. The molecule has 16 heavy (non-hydrogen) atoms. The molecule has 1 unspecified atom stereocenters. The minimum atomic E-state index is -0.737. The fourth-order valence-corrected chi connectivity index (χ4v) is 1.37. The van der Waals surface area contributed by atoms with Crippen molar-refractivity contribution >= 4 is 29.0 Å². The second-order valence-corrected chi connectivity index (χ2v) is 3.68. The van der Waals surface area contributed by atoms with Gasteiger partial charge in [0.25, 0.3) is 0 Å². The quantitative estimate of drug-likeness (QED) is 0.586. The van der Waals surface area contributed by atoms with Gasteiger partial charge < -0.3 is 4.84 Å². The third-order valence-corrected chi connectivity index (χ3v) is 2.23. The lowest BCUT2D eigenvalue weighted by atomic mass is 10.2. The van der Waals surface area contributed by atoms with Crippen molar-refractivity contribution in [3.63, 3.8) is 0 Å². The lowest BCUT2D eigenvalue weighted by molar-refractivity contribution is -0.141. The first-order chi connectivity index (χ1) is 7.66. The second kappa shape index (κ2) is 4.40. The van der Waals surface area contributed by atoms with Gasteiger partial charge in [0.1, 0.15) is 0 Å². The van der Waals surface area contributed by atoms with Crippen molar-refractivity contribution < 1.29 is 9.63 Å². The Morgan fingerprint density at radius 2 is 2.31 bits per heavy atom. The SMILES string of the molecule is CC1=NOC(=O)C1N=Nc1cccc(Cl)c1. The summed E-state index contributed by atoms with van der Waals surface area (Å²) in [5, 5.41) is 11.8. The number of oxime groups is 1. The zero-order valence-electron chi connectivity index (χ0n) is 8.42. The van der Waals surface area contributed by atoms with Gasteiger partial charge in [-0.3, -0.25) is 0 Å². The van der Waals surface area contributed by atoms with Crippen LogP contribution in [0.25, 0.3) is 0 Å². The molecular weight excluding hydrogens is 230 g/mol. The third kappa shape index (κ3) is 2.25. The average Bonchev–Trinajstić information content (AvgIpc) is 2.56. The number of hydrogen-bond donors (Lipinski definition) is 0. The highest BCUT2D eigenvalue weighted by Crippen LogP contribution is 2.19. The van der Waals surface area contributed by atoms with E-state index in [0.29, 0.717) is 16.4 Å². The number of nitrogens with zero attached hydrogens (tertiary/aromatic N) is 3. The maximum atomic E-state index is 11.2. The van der Waals surface area contributed by atoms with Crippen LogP contribution in [0.4, 0.5) is 5.69 Å². The monoisotopic (exact) mass is 237 g/mol. The first-order valence-electron chi connectivity index (χ1n) is 4.58. The van der Waals surface area contributed by atoms with Crippen LogP contribution >= 0.6 is 11.6 Å². The van der Waals surface area contributed by atoms with E-state index in [-0.39, 0.29) is 0 Å². The van der Waals surface area contributed by atoms with Crippen LogP contribution in [-0.2, 0) is 9.63 Å². The number of benzene rings is 1. The first-order valence-corrected chi connectivity index (χ1v) is 4.96. The molecule has 1 aromatic rings. The number of carbonyl (C=O) groups excluding carboxylic acids is 1. The zero-order chi connectivity index (χ0) is 11.5. The minimum absolute atomic E-state index is 0.496. The number of hydrogen-bond acceptors (Lipinski definition) is 5. The smallest absolute Gasteiger partial charge is 0.315 e. The van der Waals surface area contributed by atoms with Gasteiger partial charge in [0.2, 0.25) is 6.04 Å². The first kappa shape index (κ1) is 10.8. The Bertz CT molecular complexity index is 485. The molecule has 0 amide bonds. The molecule has 1 heterocycles. The van der Waals surface area contributed by atoms with Crippen LogP contribution in [0.3, 0.4) is 0 Å². The maximum Gasteiger partial charge on any atom is 0.367 e. The highest BCUT2D eigenvalue weighted by molar-refractivity contribution is 6.30. The molecule has 82 valence electrons. The average molecular weight is 238 g/mol. The molecule has 0 bridgehead atoms. The normalized spacial score (nSPS) is 20.0. The summed E-state index contributed by atoms with van der Waals surface area (Å²) in [6.45, 7) is 1.66. The van der Waals surface area contributed by atoms with Crippen LogP contribution in [0.2, 0.25) is 5.02 Å². The summed E-state index contributed by atoms with van der Waals surface area (Å²) in [6.07, 6.45) is 0. The van der Waals surface area contributed by atoms with E-state index < -0.39 is 12.0 Å². The summed E-state index contributed by atoms with van der Waals surface area (Å²) in [4.78, 5) is 15.6. The van der Waals surface area contributed by atoms with Crippen molar-refractivity contribution in [3.05, 3.63) is 29.3 Å². The van der Waals surface area contributed by atoms with E-state index in [0.717, 1.165) is 0 Å². The fraction of sp³-hybridized carbons (Fsp3) is 0.200. The van der Waals surface area contributed by atoms with E-state index in [4.69, 9.17) is 11.6 Å². The zero-order valence-corrected chi connectivity index (χ0v) is 9.18. The van der Waals surface area contributed by atoms with Gasteiger partial charge in [-0.15, -0.1) is 0 Å². The molecule has 0 aromatic heterocycles. The van der Waals surface area contributed by atoms with Crippen LogP contribution in [0.15, 0.2) is 39.6 Å². The third-order valence-electron chi connectivity index (χ3n) is 2.00. The molecule has 6 heteroatoms. The Morgan fingerprint density at radius 3 is 2.94 bits per heavy atom. The van der Waals surface area contributed by atoms with Gasteiger partial charge in [-0.1, -0.05) is 22.8 Å². The Balaban J connectivity index is 2.15. The molecule has 0 aliphatic carbocycles. The van der Waals surface area contributed by atoms with E-state index >= 15 is 0 Å². The summed E-state index contributed by atoms with van der Waals surface area (Å²) < 4.78 is 0. The molecule has 1 aliphatic rings. The Morgan fingerprint density at radius 1 is 1.50 bits per heavy atom. The van der Waals surface area contributed by atoms with Crippen molar-refractivity contribution in [2.75, 3.05) is 0 Å². The highest BCUT2D eigenvalue weighted by atomic mass is 35.5. The molecule has 0 fully saturated rings. The molecule has 1 aliphatic heterocycles. The van der Waals surface area contributed by atoms with Crippen LogP contribution < -0.4 is 0 Å². The Kier molecular flexibility index (Phi) is 2.96. The van der Waals surface area contributed by atoms with Gasteiger partial charge in [-0.2, -0.15) is 10.2 Å². The van der Waals surface area contributed by atoms with E-state index in [1.54, 1.807) is 31.2 Å². The number of carbonyl (C=O) groups is 1. The van der Waals surface area contributed by atoms with Crippen molar-refractivity contribution in [1.29, 1.82) is 0 Å². The van der Waals surface area contributed by atoms with E-state index in [2.05, 4.69) is 20.2 Å². The van der Waals surface area contributed by atoms with Crippen molar-refractivity contribution in [1.82, 2.24) is 0 Å².